The molecule has 0 aliphatic rings. The van der Waals surface area contributed by atoms with Gasteiger partial charge in [-0.2, -0.15) is 0 Å². The van der Waals surface area contributed by atoms with Crippen molar-refractivity contribution in [1.29, 1.82) is 0 Å². The van der Waals surface area contributed by atoms with Crippen molar-refractivity contribution in [3.8, 4) is 44.5 Å². The van der Waals surface area contributed by atoms with Crippen LogP contribution in [0.25, 0.3) is 87.7 Å². The summed E-state index contributed by atoms with van der Waals surface area (Å²) in [6, 6.07) is 61.3. The van der Waals surface area contributed by atoms with Crippen LogP contribution in [0.5, 0.6) is 0 Å². The number of hydrogen-bond acceptors (Lipinski definition) is 1. The molecule has 1 heterocycles. The molecule has 46 heavy (non-hydrogen) atoms. The van der Waals surface area contributed by atoms with Gasteiger partial charge in [-0.25, -0.2) is 0 Å². The van der Waals surface area contributed by atoms with Crippen molar-refractivity contribution in [2.45, 2.75) is 0 Å². The highest BCUT2D eigenvalue weighted by Gasteiger charge is 2.21. The number of benzene rings is 8. The molecule has 0 aliphatic heterocycles. The number of fused-ring (bicyclic) bond motifs is 4. The lowest BCUT2D eigenvalue weighted by Gasteiger charge is -2.20. The molecule has 0 aliphatic carbocycles. The third-order valence-corrected chi connectivity index (χ3v) is 9.34. The molecule has 8 aromatic carbocycles. The molecule has 1 heteroatoms. The van der Waals surface area contributed by atoms with Crippen LogP contribution < -0.4 is 0 Å². The van der Waals surface area contributed by atoms with Crippen LogP contribution in [-0.4, -0.2) is 4.98 Å². The van der Waals surface area contributed by atoms with E-state index in [2.05, 4.69) is 170 Å². The number of aromatic nitrogens is 1. The zero-order valence-electron chi connectivity index (χ0n) is 25.2. The Hall–Kier alpha value is -6.05. The lowest BCUT2D eigenvalue weighted by atomic mass is 9.84. The summed E-state index contributed by atoms with van der Waals surface area (Å²) in [5, 5.41) is 8.55. The van der Waals surface area contributed by atoms with Crippen molar-refractivity contribution in [1.82, 2.24) is 4.98 Å². The van der Waals surface area contributed by atoms with Crippen LogP contribution >= 0.6 is 0 Å². The fourth-order valence-electron chi connectivity index (χ4n) is 7.33. The summed E-state index contributed by atoms with van der Waals surface area (Å²) in [6.07, 6.45) is 1.93. The van der Waals surface area contributed by atoms with E-state index in [1.165, 1.54) is 76.8 Å². The molecule has 0 bridgehead atoms. The van der Waals surface area contributed by atoms with Crippen molar-refractivity contribution in [2.24, 2.45) is 0 Å². The minimum absolute atomic E-state index is 1.02. The molecule has 0 atom stereocenters. The van der Waals surface area contributed by atoms with E-state index >= 15 is 0 Å². The molecule has 0 N–H and O–H groups in total. The molecule has 1 nitrogen and oxygen atoms in total. The van der Waals surface area contributed by atoms with Gasteiger partial charge in [-0.15, -0.1) is 0 Å². The van der Waals surface area contributed by atoms with Crippen LogP contribution in [0.4, 0.5) is 0 Å². The summed E-state index contributed by atoms with van der Waals surface area (Å²) in [5.74, 6) is 0. The van der Waals surface area contributed by atoms with Crippen molar-refractivity contribution in [3.05, 3.63) is 176 Å². The van der Waals surface area contributed by atoms with Gasteiger partial charge in [-0.1, -0.05) is 164 Å². The molecule has 0 unspecified atom stereocenters. The molecule has 0 radical (unpaired) electrons. The summed E-state index contributed by atoms with van der Waals surface area (Å²) in [7, 11) is 0. The average molecular weight is 584 g/mol. The Morgan fingerprint density at radius 1 is 0.261 bits per heavy atom. The maximum Gasteiger partial charge on any atom is 0.0793 e. The lowest BCUT2D eigenvalue weighted by molar-refractivity contribution is 1.42. The summed E-state index contributed by atoms with van der Waals surface area (Å²) < 4.78 is 0. The fourth-order valence-corrected chi connectivity index (χ4v) is 7.33. The quantitative estimate of drug-likeness (QED) is 0.188. The Bertz CT molecular complexity index is 2330. The predicted octanol–water partition coefficient (Wildman–Crippen LogP) is 12.4. The molecular formula is C45H29N. The van der Waals surface area contributed by atoms with Crippen molar-refractivity contribution < 1.29 is 0 Å². The topological polar surface area (TPSA) is 12.9 Å². The first kappa shape index (κ1) is 26.4. The normalized spacial score (nSPS) is 11.5. The van der Waals surface area contributed by atoms with Gasteiger partial charge in [-0.3, -0.25) is 4.98 Å². The van der Waals surface area contributed by atoms with Gasteiger partial charge in [0.05, 0.1) is 5.52 Å². The molecule has 0 fully saturated rings. The zero-order valence-corrected chi connectivity index (χ0v) is 25.2. The first-order valence-electron chi connectivity index (χ1n) is 15.8. The Kier molecular flexibility index (Phi) is 6.21. The lowest BCUT2D eigenvalue weighted by Crippen LogP contribution is -1.95. The SMILES string of the molecule is c1ccc(-c2ccc(-c3c4ccccc4c(-c4ccc(-c5ccccc5)c5ccccc45)c4ncccc34)c3ccccc23)cc1. The van der Waals surface area contributed by atoms with Crippen LogP contribution in [0.15, 0.2) is 176 Å². The Morgan fingerprint density at radius 3 is 1.15 bits per heavy atom. The monoisotopic (exact) mass is 583 g/mol. The highest BCUT2D eigenvalue weighted by molar-refractivity contribution is 6.25. The fraction of sp³-hybridized carbons (Fsp3) is 0. The Labute approximate surface area is 268 Å². The second kappa shape index (κ2) is 10.8. The highest BCUT2D eigenvalue weighted by atomic mass is 14.7. The Morgan fingerprint density at radius 2 is 0.630 bits per heavy atom. The first-order valence-corrected chi connectivity index (χ1v) is 15.8. The van der Waals surface area contributed by atoms with E-state index in [1.54, 1.807) is 0 Å². The van der Waals surface area contributed by atoms with Gasteiger partial charge in [0, 0.05) is 17.1 Å². The van der Waals surface area contributed by atoms with Crippen molar-refractivity contribution in [2.75, 3.05) is 0 Å². The third-order valence-electron chi connectivity index (χ3n) is 9.34. The maximum absolute atomic E-state index is 5.13. The van der Waals surface area contributed by atoms with E-state index in [-0.39, 0.29) is 0 Å². The molecule has 0 spiro atoms. The number of nitrogens with zero attached hydrogens (tertiary/aromatic N) is 1. The van der Waals surface area contributed by atoms with Crippen molar-refractivity contribution in [3.63, 3.8) is 0 Å². The summed E-state index contributed by atoms with van der Waals surface area (Å²) in [4.78, 5) is 5.13. The largest absolute Gasteiger partial charge is 0.256 e. The van der Waals surface area contributed by atoms with Crippen LogP contribution in [0, 0.1) is 0 Å². The molecule has 0 amide bonds. The van der Waals surface area contributed by atoms with E-state index in [1.807, 2.05) is 6.20 Å². The van der Waals surface area contributed by atoms with Crippen molar-refractivity contribution >= 4 is 43.2 Å². The van der Waals surface area contributed by atoms with Gasteiger partial charge in [0.1, 0.15) is 0 Å². The standard InChI is InChI=1S/C45H29N/c1-3-14-30(15-4-1)32-25-27-40(36-20-9-7-18-34(32)36)43-38-22-11-12-23-39(38)44(45-42(43)24-13-29-46-45)41-28-26-33(31-16-5-2-6-17-31)35-19-8-10-21-37(35)41/h1-29H. The molecular weight excluding hydrogens is 555 g/mol. The van der Waals surface area contributed by atoms with E-state index in [0.717, 1.165) is 10.9 Å². The number of rotatable bonds is 4. The summed E-state index contributed by atoms with van der Waals surface area (Å²) in [6.45, 7) is 0. The highest BCUT2D eigenvalue weighted by Crippen LogP contribution is 2.47. The van der Waals surface area contributed by atoms with Crippen LogP contribution in [0.1, 0.15) is 0 Å². The van der Waals surface area contributed by atoms with Crippen LogP contribution in [0.3, 0.4) is 0 Å². The van der Waals surface area contributed by atoms with Gasteiger partial charge in [0.25, 0.3) is 0 Å². The average Bonchev–Trinajstić information content (AvgIpc) is 3.14. The predicted molar refractivity (Wildman–Crippen MR) is 196 cm³/mol. The summed E-state index contributed by atoms with van der Waals surface area (Å²) in [5.41, 5.74) is 10.8. The van der Waals surface area contributed by atoms with E-state index < -0.39 is 0 Å². The van der Waals surface area contributed by atoms with Gasteiger partial charge in [0.15, 0.2) is 0 Å². The van der Waals surface area contributed by atoms with Gasteiger partial charge >= 0.3 is 0 Å². The zero-order chi connectivity index (χ0) is 30.5. The van der Waals surface area contributed by atoms with Gasteiger partial charge in [0.2, 0.25) is 0 Å². The van der Waals surface area contributed by atoms with Crippen LogP contribution in [-0.2, 0) is 0 Å². The van der Waals surface area contributed by atoms with Crippen LogP contribution in [0.2, 0.25) is 0 Å². The smallest absolute Gasteiger partial charge is 0.0793 e. The maximum atomic E-state index is 5.13. The number of pyridine rings is 1. The van der Waals surface area contributed by atoms with E-state index in [9.17, 15) is 0 Å². The van der Waals surface area contributed by atoms with E-state index in [4.69, 9.17) is 4.98 Å². The molecule has 0 saturated carbocycles. The van der Waals surface area contributed by atoms with Gasteiger partial charge < -0.3 is 0 Å². The second-order valence-electron chi connectivity index (χ2n) is 11.8. The minimum atomic E-state index is 1.02. The number of hydrogen-bond donors (Lipinski definition) is 0. The molecule has 0 saturated heterocycles. The first-order chi connectivity index (χ1) is 22.9. The third kappa shape index (κ3) is 4.13. The minimum Gasteiger partial charge on any atom is -0.256 e. The molecule has 1 aromatic heterocycles. The summed E-state index contributed by atoms with van der Waals surface area (Å²) >= 11 is 0. The molecule has 214 valence electrons. The molecule has 9 rings (SSSR count). The van der Waals surface area contributed by atoms with E-state index in [0.29, 0.717) is 0 Å². The van der Waals surface area contributed by atoms with Gasteiger partial charge in [-0.05, 0) is 77.3 Å². The Balaban J connectivity index is 1.37. The second-order valence-corrected chi connectivity index (χ2v) is 11.8. The molecule has 9 aromatic rings.